The lowest BCUT2D eigenvalue weighted by molar-refractivity contribution is 0.0273. The predicted molar refractivity (Wildman–Crippen MR) is 160 cm³/mol. The van der Waals surface area contributed by atoms with Crippen LogP contribution in [-0.2, 0) is 4.74 Å². The van der Waals surface area contributed by atoms with Gasteiger partial charge in [-0.05, 0) is 73.8 Å². The number of pyridine rings is 1. The summed E-state index contributed by atoms with van der Waals surface area (Å²) in [6.07, 6.45) is 2.55. The van der Waals surface area contributed by atoms with Crippen LogP contribution in [0.1, 0.15) is 48.9 Å². The number of H-pyrrole nitrogens is 1. The first-order valence-electron chi connectivity index (χ1n) is 13.7. The van der Waals surface area contributed by atoms with Crippen molar-refractivity contribution in [3.63, 3.8) is 0 Å². The van der Waals surface area contributed by atoms with Crippen molar-refractivity contribution in [3.05, 3.63) is 57.6 Å². The smallest absolute Gasteiger partial charge is 0.410 e. The number of carbonyl (C=O) groups excluding carboxylic acids is 2. The maximum Gasteiger partial charge on any atom is 0.410 e. The number of aromatic amines is 1. The minimum absolute atomic E-state index is 0.0572. The monoisotopic (exact) mass is 627 g/mol. The van der Waals surface area contributed by atoms with Gasteiger partial charge in [0.2, 0.25) is 0 Å². The van der Waals surface area contributed by atoms with E-state index in [2.05, 4.69) is 32.0 Å². The number of hydrogen-bond acceptors (Lipinski definition) is 6. The highest BCUT2D eigenvalue weighted by Crippen LogP contribution is 2.32. The summed E-state index contributed by atoms with van der Waals surface area (Å²) in [5, 5.41) is 0.905. The van der Waals surface area contributed by atoms with E-state index in [0.717, 1.165) is 33.1 Å². The van der Waals surface area contributed by atoms with Crippen molar-refractivity contribution in [2.75, 3.05) is 51.3 Å². The Labute approximate surface area is 247 Å². The van der Waals surface area contributed by atoms with Crippen LogP contribution in [-0.4, -0.2) is 83.7 Å². The van der Waals surface area contributed by atoms with Gasteiger partial charge in [0.25, 0.3) is 5.91 Å². The van der Waals surface area contributed by atoms with Crippen LogP contribution in [0.2, 0.25) is 0 Å². The lowest BCUT2D eigenvalue weighted by atomic mass is 10.1. The largest absolute Gasteiger partial charge is 0.493 e. The topological polar surface area (TPSA) is 91.0 Å². The second-order valence-corrected chi connectivity index (χ2v) is 12.2. The average molecular weight is 629 g/mol. The fourth-order valence-electron chi connectivity index (χ4n) is 5.15. The fraction of sp³-hybridized carbons (Fsp3) is 0.433. The van der Waals surface area contributed by atoms with Gasteiger partial charge < -0.3 is 29.2 Å². The Morgan fingerprint density at radius 2 is 1.78 bits per heavy atom. The van der Waals surface area contributed by atoms with Crippen LogP contribution in [0.25, 0.3) is 16.5 Å². The number of hydrogen-bond donors (Lipinski definition) is 1. The average Bonchev–Trinajstić information content (AvgIpc) is 3.38. The molecule has 1 saturated heterocycles. The van der Waals surface area contributed by atoms with E-state index >= 15 is 0 Å². The highest BCUT2D eigenvalue weighted by atomic mass is 79.9. The normalized spacial score (nSPS) is 16.2. The number of benzene rings is 1. The van der Waals surface area contributed by atoms with Gasteiger partial charge in [-0.25, -0.2) is 14.2 Å². The summed E-state index contributed by atoms with van der Waals surface area (Å²) < 4.78 is 25.7. The summed E-state index contributed by atoms with van der Waals surface area (Å²) in [5.41, 5.74) is 3.15. The van der Waals surface area contributed by atoms with Gasteiger partial charge in [0, 0.05) is 59.9 Å². The summed E-state index contributed by atoms with van der Waals surface area (Å²) in [6.45, 7) is 10.4. The Morgan fingerprint density at radius 3 is 2.46 bits per heavy atom. The zero-order chi connectivity index (χ0) is 29.5. The predicted octanol–water partition coefficient (Wildman–Crippen LogP) is 5.77. The quantitative estimate of drug-likeness (QED) is 0.395. The third-order valence-corrected chi connectivity index (χ3v) is 7.88. The number of aromatic nitrogens is 2. The molecular weight excluding hydrogens is 593 g/mol. The molecule has 9 nitrogen and oxygen atoms in total. The molecule has 1 aromatic carbocycles. The van der Waals surface area contributed by atoms with E-state index < -0.39 is 11.4 Å². The van der Waals surface area contributed by atoms with E-state index in [0.29, 0.717) is 62.1 Å². The number of amides is 2. The van der Waals surface area contributed by atoms with Gasteiger partial charge in [0.15, 0.2) is 11.6 Å². The van der Waals surface area contributed by atoms with Gasteiger partial charge in [0.1, 0.15) is 11.4 Å². The molecule has 4 heterocycles. The minimum Gasteiger partial charge on any atom is -0.493 e. The zero-order valence-corrected chi connectivity index (χ0v) is 25.6. The van der Waals surface area contributed by atoms with E-state index in [1.807, 2.05) is 48.8 Å². The number of piperazine rings is 1. The summed E-state index contributed by atoms with van der Waals surface area (Å²) in [4.78, 5) is 39.6. The number of anilines is 1. The molecule has 0 aliphatic carbocycles. The van der Waals surface area contributed by atoms with Crippen molar-refractivity contribution < 1.29 is 23.5 Å². The molecule has 0 saturated carbocycles. The van der Waals surface area contributed by atoms with Gasteiger partial charge >= 0.3 is 6.09 Å². The highest BCUT2D eigenvalue weighted by molar-refractivity contribution is 9.10. The third-order valence-electron chi connectivity index (χ3n) is 7.26. The molecule has 218 valence electrons. The van der Waals surface area contributed by atoms with Crippen molar-refractivity contribution >= 4 is 50.2 Å². The Morgan fingerprint density at radius 1 is 1.05 bits per heavy atom. The molecule has 2 amide bonds. The second kappa shape index (κ2) is 11.3. The molecule has 0 atom stereocenters. The van der Waals surface area contributed by atoms with Gasteiger partial charge in [-0.3, -0.25) is 4.79 Å². The SMILES string of the molecule is COc1cc(F)c(C)nc1N1CCN(C(=O)c2cc(Br)c3[nH]c(C4=CCCN(C(=O)OC(C)(C)C)C4)cc3c2)CC1. The summed E-state index contributed by atoms with van der Waals surface area (Å²) in [6, 6.07) is 7.12. The molecule has 1 N–H and O–H groups in total. The Hall–Kier alpha value is -3.60. The summed E-state index contributed by atoms with van der Waals surface area (Å²) in [7, 11) is 1.50. The number of aryl methyl sites for hydroxylation is 1. The van der Waals surface area contributed by atoms with Gasteiger partial charge in [-0.1, -0.05) is 6.08 Å². The third kappa shape index (κ3) is 6.19. The fourth-order valence-corrected chi connectivity index (χ4v) is 5.72. The number of carbonyl (C=O) groups is 2. The van der Waals surface area contributed by atoms with E-state index in [-0.39, 0.29) is 12.0 Å². The molecule has 0 bridgehead atoms. The van der Waals surface area contributed by atoms with Gasteiger partial charge in [-0.15, -0.1) is 0 Å². The lowest BCUT2D eigenvalue weighted by Crippen LogP contribution is -2.49. The van der Waals surface area contributed by atoms with E-state index in [4.69, 9.17) is 9.47 Å². The molecule has 5 rings (SSSR count). The van der Waals surface area contributed by atoms with Crippen LogP contribution < -0.4 is 9.64 Å². The van der Waals surface area contributed by atoms with Gasteiger partial charge in [-0.2, -0.15) is 0 Å². The Kier molecular flexibility index (Phi) is 8.00. The molecule has 2 aliphatic rings. The van der Waals surface area contributed by atoms with Crippen molar-refractivity contribution in [2.45, 2.75) is 39.7 Å². The van der Waals surface area contributed by atoms with Crippen LogP contribution in [0.5, 0.6) is 5.75 Å². The molecule has 2 aliphatic heterocycles. The van der Waals surface area contributed by atoms with E-state index in [1.165, 1.54) is 13.2 Å². The first-order valence-corrected chi connectivity index (χ1v) is 14.5. The zero-order valence-electron chi connectivity index (χ0n) is 24.0. The molecule has 2 aromatic heterocycles. The number of nitrogens with one attached hydrogen (secondary N) is 1. The molecule has 0 unspecified atom stereocenters. The molecule has 11 heteroatoms. The second-order valence-electron chi connectivity index (χ2n) is 11.4. The van der Waals surface area contributed by atoms with E-state index in [9.17, 15) is 14.0 Å². The lowest BCUT2D eigenvalue weighted by Gasteiger charge is -2.36. The number of halogens is 2. The number of fused-ring (bicyclic) bond motifs is 1. The Bertz CT molecular complexity index is 1520. The standard InChI is InChI=1S/C30H35BrFN5O4/c1-18-23(32)16-25(40-5)27(33-18)35-9-11-36(12-10-35)28(38)21-13-20-15-24(34-26(20)22(31)14-21)19-7-6-8-37(17-19)29(39)41-30(2,3)4/h7,13-16,34H,6,8-12,17H2,1-5H3. The van der Waals surface area contributed by atoms with Crippen LogP contribution in [0.4, 0.5) is 15.0 Å². The maximum atomic E-state index is 14.0. The highest BCUT2D eigenvalue weighted by Gasteiger charge is 2.28. The van der Waals surface area contributed by atoms with Crippen LogP contribution >= 0.6 is 15.9 Å². The molecule has 0 spiro atoms. The number of ether oxygens (including phenoxy) is 2. The summed E-state index contributed by atoms with van der Waals surface area (Å²) in [5.74, 6) is 0.504. The van der Waals surface area contributed by atoms with Crippen LogP contribution in [0.15, 0.2) is 34.8 Å². The van der Waals surface area contributed by atoms with Crippen molar-refractivity contribution in [1.82, 2.24) is 19.8 Å². The van der Waals surface area contributed by atoms with Crippen LogP contribution in [0.3, 0.4) is 0 Å². The summed E-state index contributed by atoms with van der Waals surface area (Å²) >= 11 is 3.65. The van der Waals surface area contributed by atoms with Crippen molar-refractivity contribution in [3.8, 4) is 5.75 Å². The van der Waals surface area contributed by atoms with Crippen LogP contribution in [0, 0.1) is 12.7 Å². The number of methoxy groups -OCH3 is 1. The minimum atomic E-state index is -0.552. The van der Waals surface area contributed by atoms with E-state index in [1.54, 1.807) is 11.8 Å². The first kappa shape index (κ1) is 28.9. The van der Waals surface area contributed by atoms with Gasteiger partial charge in [0.05, 0.1) is 24.9 Å². The molecule has 41 heavy (non-hydrogen) atoms. The Balaban J connectivity index is 1.29. The maximum absolute atomic E-state index is 14.0. The molecule has 1 fully saturated rings. The molecular formula is C30H35BrFN5O4. The number of rotatable bonds is 4. The first-order chi connectivity index (χ1) is 19.4. The molecule has 0 radical (unpaired) electrons. The number of nitrogens with zero attached hydrogens (tertiary/aromatic N) is 4. The van der Waals surface area contributed by atoms with Crippen molar-refractivity contribution in [1.29, 1.82) is 0 Å². The van der Waals surface area contributed by atoms with Crippen molar-refractivity contribution in [2.24, 2.45) is 0 Å². The molecule has 3 aromatic rings.